The summed E-state index contributed by atoms with van der Waals surface area (Å²) in [5.41, 5.74) is 2.64. The standard InChI is InChI=1S/C25H23Cl2N7O3/c1-15-13-34(14-31-15)22-9-21(28-12-23(35)29-11-18-6-7-19(26)8-20(18)27)32-25(33-22)30-10-16-2-4-17(5-3-16)24(36)37/h2-9,13-14H,10-12H2,1H3,(H,29,35)(H,36,37)(H2,28,30,32,33). The number of carbonyl (C=O) groups excluding carboxylic acids is 1. The fourth-order valence-electron chi connectivity index (χ4n) is 3.32. The minimum atomic E-state index is -0.984. The molecular formula is C25H23Cl2N7O3. The first-order valence-corrected chi connectivity index (χ1v) is 11.9. The lowest BCUT2D eigenvalue weighted by Crippen LogP contribution is -2.29. The predicted octanol–water partition coefficient (Wildman–Crippen LogP) is 4.32. The molecule has 12 heteroatoms. The van der Waals surface area contributed by atoms with E-state index in [1.54, 1.807) is 47.3 Å². The van der Waals surface area contributed by atoms with E-state index in [1.165, 1.54) is 12.1 Å². The van der Waals surface area contributed by atoms with Gasteiger partial charge in [-0.2, -0.15) is 9.97 Å². The number of halogens is 2. The van der Waals surface area contributed by atoms with Gasteiger partial charge < -0.3 is 21.1 Å². The van der Waals surface area contributed by atoms with Gasteiger partial charge in [0.2, 0.25) is 11.9 Å². The van der Waals surface area contributed by atoms with Crippen LogP contribution >= 0.6 is 23.2 Å². The average Bonchev–Trinajstić information content (AvgIpc) is 3.32. The largest absolute Gasteiger partial charge is 0.478 e. The summed E-state index contributed by atoms with van der Waals surface area (Å²) < 4.78 is 1.75. The van der Waals surface area contributed by atoms with Crippen molar-refractivity contribution in [1.82, 2.24) is 24.8 Å². The number of carboxylic acids is 1. The maximum Gasteiger partial charge on any atom is 0.335 e. The summed E-state index contributed by atoms with van der Waals surface area (Å²) in [6.07, 6.45) is 3.46. The summed E-state index contributed by atoms with van der Waals surface area (Å²) in [5.74, 6) is 0.0665. The Morgan fingerprint density at radius 1 is 1.00 bits per heavy atom. The first kappa shape index (κ1) is 25.9. The molecule has 0 unspecified atom stereocenters. The number of aromatic carboxylic acids is 1. The van der Waals surface area contributed by atoms with Crippen molar-refractivity contribution in [3.63, 3.8) is 0 Å². The van der Waals surface area contributed by atoms with Crippen LogP contribution in [0.15, 0.2) is 61.1 Å². The zero-order valence-corrected chi connectivity index (χ0v) is 21.2. The summed E-state index contributed by atoms with van der Waals surface area (Å²) in [5, 5.41) is 19.0. The monoisotopic (exact) mass is 539 g/mol. The van der Waals surface area contributed by atoms with Gasteiger partial charge in [0.05, 0.1) is 17.8 Å². The fourth-order valence-corrected chi connectivity index (χ4v) is 3.80. The first-order chi connectivity index (χ1) is 17.8. The van der Waals surface area contributed by atoms with Gasteiger partial charge in [-0.1, -0.05) is 41.4 Å². The van der Waals surface area contributed by atoms with Crippen LogP contribution in [0.25, 0.3) is 5.82 Å². The van der Waals surface area contributed by atoms with Gasteiger partial charge >= 0.3 is 5.97 Å². The SMILES string of the molecule is Cc1cn(-c2cc(NCC(=O)NCc3ccc(Cl)cc3Cl)nc(NCc3ccc(C(=O)O)cc3)n2)cn1. The molecule has 4 aromatic rings. The number of carbonyl (C=O) groups is 2. The molecule has 4 N–H and O–H groups in total. The van der Waals surface area contributed by atoms with E-state index in [9.17, 15) is 9.59 Å². The topological polar surface area (TPSA) is 134 Å². The third-order valence-corrected chi connectivity index (χ3v) is 5.85. The molecule has 0 aliphatic rings. The molecule has 1 amide bonds. The maximum atomic E-state index is 12.4. The lowest BCUT2D eigenvalue weighted by molar-refractivity contribution is -0.119. The summed E-state index contributed by atoms with van der Waals surface area (Å²) >= 11 is 12.1. The van der Waals surface area contributed by atoms with Gasteiger partial charge in [0.25, 0.3) is 0 Å². The second-order valence-electron chi connectivity index (χ2n) is 8.08. The molecule has 4 rings (SSSR count). The molecular weight excluding hydrogens is 517 g/mol. The van der Waals surface area contributed by atoms with Crippen LogP contribution in [0.2, 0.25) is 10.0 Å². The quantitative estimate of drug-likeness (QED) is 0.234. The highest BCUT2D eigenvalue weighted by molar-refractivity contribution is 6.35. The number of hydrogen-bond acceptors (Lipinski definition) is 7. The van der Waals surface area contributed by atoms with Gasteiger partial charge in [0, 0.05) is 35.4 Å². The van der Waals surface area contributed by atoms with Crippen LogP contribution in [0, 0.1) is 6.92 Å². The highest BCUT2D eigenvalue weighted by Gasteiger charge is 2.10. The van der Waals surface area contributed by atoms with Gasteiger partial charge in [0.1, 0.15) is 18.0 Å². The highest BCUT2D eigenvalue weighted by atomic mass is 35.5. The second-order valence-corrected chi connectivity index (χ2v) is 8.92. The Morgan fingerprint density at radius 2 is 1.78 bits per heavy atom. The summed E-state index contributed by atoms with van der Waals surface area (Å²) in [7, 11) is 0. The van der Waals surface area contributed by atoms with E-state index in [2.05, 4.69) is 30.9 Å². The molecule has 0 fully saturated rings. The first-order valence-electron chi connectivity index (χ1n) is 11.2. The minimum absolute atomic E-state index is 0.0271. The number of aromatic nitrogens is 4. The summed E-state index contributed by atoms with van der Waals surface area (Å²) in [4.78, 5) is 36.7. The molecule has 0 atom stereocenters. The van der Waals surface area contributed by atoms with Crippen LogP contribution < -0.4 is 16.0 Å². The zero-order chi connectivity index (χ0) is 26.4. The summed E-state index contributed by atoms with van der Waals surface area (Å²) in [6, 6.07) is 13.3. The van der Waals surface area contributed by atoms with Crippen LogP contribution in [0.3, 0.4) is 0 Å². The number of nitrogens with zero attached hydrogens (tertiary/aromatic N) is 4. The summed E-state index contributed by atoms with van der Waals surface area (Å²) in [6.45, 7) is 2.47. The number of amides is 1. The van der Waals surface area contributed by atoms with E-state index in [0.29, 0.717) is 34.2 Å². The third-order valence-electron chi connectivity index (χ3n) is 5.26. The van der Waals surface area contributed by atoms with Crippen molar-refractivity contribution in [2.75, 3.05) is 17.2 Å². The van der Waals surface area contributed by atoms with Crippen molar-refractivity contribution < 1.29 is 14.7 Å². The number of nitrogens with one attached hydrogen (secondary N) is 3. The van der Waals surface area contributed by atoms with Crippen LogP contribution in [-0.2, 0) is 17.9 Å². The van der Waals surface area contributed by atoms with Crippen molar-refractivity contribution in [3.05, 3.63) is 93.5 Å². The van der Waals surface area contributed by atoms with Crippen LogP contribution in [0.1, 0.15) is 27.2 Å². The lowest BCUT2D eigenvalue weighted by atomic mass is 10.1. The molecule has 190 valence electrons. The Bertz CT molecular complexity index is 1420. The van der Waals surface area contributed by atoms with Gasteiger partial charge in [-0.05, 0) is 42.3 Å². The Kier molecular flexibility index (Phi) is 8.22. The fraction of sp³-hybridized carbons (Fsp3) is 0.160. The molecule has 10 nitrogen and oxygen atoms in total. The molecule has 0 aliphatic heterocycles. The number of anilines is 2. The smallest absolute Gasteiger partial charge is 0.335 e. The Labute approximate surface area is 222 Å². The number of imidazole rings is 1. The molecule has 0 saturated heterocycles. The van der Waals surface area contributed by atoms with Crippen molar-refractivity contribution in [3.8, 4) is 5.82 Å². The van der Waals surface area contributed by atoms with Gasteiger partial charge in [-0.15, -0.1) is 0 Å². The molecule has 0 aliphatic carbocycles. The van der Waals surface area contributed by atoms with Crippen LogP contribution in [-0.4, -0.2) is 43.0 Å². The molecule has 0 radical (unpaired) electrons. The zero-order valence-electron chi connectivity index (χ0n) is 19.7. The van der Waals surface area contributed by atoms with Crippen molar-refractivity contribution >= 4 is 46.8 Å². The van der Waals surface area contributed by atoms with E-state index in [0.717, 1.165) is 16.8 Å². The van der Waals surface area contributed by atoms with E-state index >= 15 is 0 Å². The predicted molar refractivity (Wildman–Crippen MR) is 141 cm³/mol. The number of carboxylic acid groups (broad SMARTS) is 1. The Hall–Kier alpha value is -4.15. The third kappa shape index (κ3) is 7.18. The van der Waals surface area contributed by atoms with Gasteiger partial charge in [0.15, 0.2) is 0 Å². The minimum Gasteiger partial charge on any atom is -0.478 e. The van der Waals surface area contributed by atoms with Gasteiger partial charge in [-0.25, -0.2) is 9.78 Å². The molecule has 0 bridgehead atoms. The molecule has 2 aromatic heterocycles. The number of aryl methyl sites for hydroxylation is 1. The molecule has 37 heavy (non-hydrogen) atoms. The van der Waals surface area contributed by atoms with E-state index < -0.39 is 5.97 Å². The molecule has 2 aromatic carbocycles. The Balaban J connectivity index is 1.43. The van der Waals surface area contributed by atoms with E-state index in [1.807, 2.05) is 13.1 Å². The van der Waals surface area contributed by atoms with Crippen molar-refractivity contribution in [2.45, 2.75) is 20.0 Å². The normalized spacial score (nSPS) is 10.7. The van der Waals surface area contributed by atoms with Crippen molar-refractivity contribution in [1.29, 1.82) is 0 Å². The lowest BCUT2D eigenvalue weighted by Gasteiger charge is -2.12. The molecule has 0 spiro atoms. The van der Waals surface area contributed by atoms with E-state index in [-0.39, 0.29) is 24.6 Å². The Morgan fingerprint density at radius 3 is 2.46 bits per heavy atom. The van der Waals surface area contributed by atoms with Gasteiger partial charge in [-0.3, -0.25) is 9.36 Å². The van der Waals surface area contributed by atoms with E-state index in [4.69, 9.17) is 28.3 Å². The van der Waals surface area contributed by atoms with Crippen molar-refractivity contribution in [2.24, 2.45) is 0 Å². The number of rotatable bonds is 10. The number of hydrogen-bond donors (Lipinski definition) is 4. The highest BCUT2D eigenvalue weighted by Crippen LogP contribution is 2.21. The maximum absolute atomic E-state index is 12.4. The second kappa shape index (κ2) is 11.7. The number of benzene rings is 2. The molecule has 2 heterocycles. The van der Waals surface area contributed by atoms with Crippen LogP contribution in [0.4, 0.5) is 11.8 Å². The molecule has 0 saturated carbocycles. The average molecular weight is 540 g/mol. The van der Waals surface area contributed by atoms with Crippen LogP contribution in [0.5, 0.6) is 0 Å².